The van der Waals surface area contributed by atoms with E-state index in [1.54, 1.807) is 12.5 Å². The second-order valence-electron chi connectivity index (χ2n) is 8.16. The fourth-order valence-corrected chi connectivity index (χ4v) is 4.56. The molecule has 2 aliphatic rings. The van der Waals surface area contributed by atoms with Gasteiger partial charge in [-0.2, -0.15) is 5.10 Å². The molecular formula is C20H25N7O. The van der Waals surface area contributed by atoms with Crippen LogP contribution in [-0.2, 0) is 6.42 Å². The number of rotatable bonds is 5. The lowest BCUT2D eigenvalue weighted by atomic mass is 9.92. The second kappa shape index (κ2) is 7.09. The summed E-state index contributed by atoms with van der Waals surface area (Å²) in [5.74, 6) is 1.33. The summed E-state index contributed by atoms with van der Waals surface area (Å²) in [6.45, 7) is 4.08. The van der Waals surface area contributed by atoms with Gasteiger partial charge >= 0.3 is 0 Å². The highest BCUT2D eigenvalue weighted by Crippen LogP contribution is 2.32. The van der Waals surface area contributed by atoms with Crippen molar-refractivity contribution in [2.75, 3.05) is 13.1 Å². The Bertz CT molecular complexity index is 1020. The van der Waals surface area contributed by atoms with Gasteiger partial charge in [-0.15, -0.1) is 0 Å². The van der Waals surface area contributed by atoms with Gasteiger partial charge in [0.05, 0.1) is 18.3 Å². The van der Waals surface area contributed by atoms with Gasteiger partial charge in [0.25, 0.3) is 5.56 Å². The van der Waals surface area contributed by atoms with Crippen molar-refractivity contribution >= 4 is 11.0 Å². The average Bonchev–Trinajstić information content (AvgIpc) is 3.34. The first-order valence-corrected chi connectivity index (χ1v) is 10.1. The Labute approximate surface area is 163 Å². The molecule has 0 radical (unpaired) electrons. The fourth-order valence-electron chi connectivity index (χ4n) is 4.56. The van der Waals surface area contributed by atoms with Crippen LogP contribution < -0.4 is 5.56 Å². The van der Waals surface area contributed by atoms with E-state index in [1.165, 1.54) is 18.4 Å². The van der Waals surface area contributed by atoms with E-state index in [0.29, 0.717) is 17.3 Å². The number of fused-ring (bicyclic) bond motifs is 1. The molecule has 8 heteroatoms. The molecule has 1 saturated heterocycles. The first kappa shape index (κ1) is 17.5. The maximum atomic E-state index is 12.6. The number of nitrogens with one attached hydrogen (secondary N) is 1. The normalized spacial score (nSPS) is 19.9. The van der Waals surface area contributed by atoms with E-state index in [2.05, 4.69) is 31.9 Å². The Kier molecular flexibility index (Phi) is 4.43. The van der Waals surface area contributed by atoms with Crippen LogP contribution in [0.25, 0.3) is 11.0 Å². The molecule has 3 aromatic rings. The summed E-state index contributed by atoms with van der Waals surface area (Å²) in [5, 5.41) is 5.08. The smallest absolute Gasteiger partial charge is 0.262 e. The summed E-state index contributed by atoms with van der Waals surface area (Å²) < 4.78 is 1.97. The van der Waals surface area contributed by atoms with Gasteiger partial charge in [0.15, 0.2) is 5.65 Å². The highest BCUT2D eigenvalue weighted by Gasteiger charge is 2.32. The molecule has 1 aliphatic carbocycles. The van der Waals surface area contributed by atoms with E-state index in [-0.39, 0.29) is 11.6 Å². The molecule has 0 unspecified atom stereocenters. The van der Waals surface area contributed by atoms with E-state index >= 15 is 0 Å². The third-order valence-electron chi connectivity index (χ3n) is 6.22. The second-order valence-corrected chi connectivity index (χ2v) is 8.16. The summed E-state index contributed by atoms with van der Waals surface area (Å²) in [5.41, 5.74) is 1.82. The zero-order valence-corrected chi connectivity index (χ0v) is 16.1. The lowest BCUT2D eigenvalue weighted by molar-refractivity contribution is 0.0562. The van der Waals surface area contributed by atoms with Crippen molar-refractivity contribution in [1.82, 2.24) is 34.6 Å². The topological polar surface area (TPSA) is 92.6 Å². The molecular weight excluding hydrogens is 354 g/mol. The van der Waals surface area contributed by atoms with Crippen LogP contribution >= 0.6 is 0 Å². The molecule has 5 rings (SSSR count). The molecule has 1 aliphatic heterocycles. The van der Waals surface area contributed by atoms with E-state index < -0.39 is 0 Å². The molecule has 146 valence electrons. The Balaban J connectivity index is 1.33. The molecule has 1 atom stereocenters. The average molecular weight is 379 g/mol. The van der Waals surface area contributed by atoms with Crippen molar-refractivity contribution in [3.8, 4) is 0 Å². The minimum absolute atomic E-state index is 0.0762. The van der Waals surface area contributed by atoms with Crippen LogP contribution in [0.4, 0.5) is 0 Å². The maximum Gasteiger partial charge on any atom is 0.262 e. The van der Waals surface area contributed by atoms with Crippen molar-refractivity contribution in [3.63, 3.8) is 0 Å². The third kappa shape index (κ3) is 3.11. The Morgan fingerprint density at radius 2 is 1.93 bits per heavy atom. The molecule has 0 spiro atoms. The standard InChI is InChI=1S/C20H25N7O/c1-13(26-10-15(11-26)6-14-7-21-12-22-8-14)18-24-19-17(20(28)25-18)9-23-27(19)16-4-2-3-5-16/h7-9,12-13,15-16H,2-6,10-11H2,1H3,(H,24,25,28)/t13-/m1/s1. The van der Waals surface area contributed by atoms with Crippen LogP contribution in [0.5, 0.6) is 0 Å². The predicted molar refractivity (Wildman–Crippen MR) is 105 cm³/mol. The monoisotopic (exact) mass is 379 g/mol. The molecule has 0 aromatic carbocycles. The highest BCUT2D eigenvalue weighted by atomic mass is 16.1. The van der Waals surface area contributed by atoms with Gasteiger partial charge < -0.3 is 4.98 Å². The minimum Gasteiger partial charge on any atom is -0.309 e. The summed E-state index contributed by atoms with van der Waals surface area (Å²) in [7, 11) is 0. The highest BCUT2D eigenvalue weighted by molar-refractivity contribution is 5.73. The van der Waals surface area contributed by atoms with E-state index in [0.717, 1.165) is 43.8 Å². The lowest BCUT2D eigenvalue weighted by Crippen LogP contribution is -2.49. The van der Waals surface area contributed by atoms with E-state index in [4.69, 9.17) is 4.98 Å². The Morgan fingerprint density at radius 1 is 1.18 bits per heavy atom. The number of hydrogen-bond acceptors (Lipinski definition) is 6. The van der Waals surface area contributed by atoms with Crippen molar-refractivity contribution < 1.29 is 0 Å². The van der Waals surface area contributed by atoms with E-state index in [1.807, 2.05) is 17.1 Å². The molecule has 2 fully saturated rings. The molecule has 28 heavy (non-hydrogen) atoms. The maximum absolute atomic E-state index is 12.6. The SMILES string of the molecule is C[C@H](c1nc2c(cnn2C2CCCC2)c(=O)[nH]1)N1CC(Cc2cncnc2)C1. The van der Waals surface area contributed by atoms with Gasteiger partial charge in [-0.3, -0.25) is 9.69 Å². The van der Waals surface area contributed by atoms with Gasteiger partial charge in [0.1, 0.15) is 17.5 Å². The van der Waals surface area contributed by atoms with Crippen molar-refractivity contribution in [2.45, 2.75) is 51.1 Å². The van der Waals surface area contributed by atoms with Crippen LogP contribution in [0.2, 0.25) is 0 Å². The van der Waals surface area contributed by atoms with Crippen LogP contribution in [0, 0.1) is 5.92 Å². The van der Waals surface area contributed by atoms with Gasteiger partial charge in [0.2, 0.25) is 0 Å². The molecule has 4 heterocycles. The number of nitrogens with zero attached hydrogens (tertiary/aromatic N) is 6. The van der Waals surface area contributed by atoms with Crippen LogP contribution in [-0.4, -0.2) is 47.7 Å². The minimum atomic E-state index is -0.0883. The molecule has 0 amide bonds. The van der Waals surface area contributed by atoms with Gasteiger partial charge in [-0.1, -0.05) is 12.8 Å². The number of aromatic nitrogens is 6. The molecule has 1 N–H and O–H groups in total. The Hall–Kier alpha value is -2.61. The first-order chi connectivity index (χ1) is 13.7. The molecule has 8 nitrogen and oxygen atoms in total. The summed E-state index contributed by atoms with van der Waals surface area (Å²) in [6, 6.07) is 0.448. The van der Waals surface area contributed by atoms with Crippen LogP contribution in [0.3, 0.4) is 0 Å². The molecule has 0 bridgehead atoms. The number of likely N-dealkylation sites (tertiary alicyclic amines) is 1. The number of H-pyrrole nitrogens is 1. The quantitative estimate of drug-likeness (QED) is 0.731. The molecule has 3 aromatic heterocycles. The van der Waals surface area contributed by atoms with Gasteiger partial charge in [-0.25, -0.2) is 19.6 Å². The number of hydrogen-bond donors (Lipinski definition) is 1. The zero-order valence-electron chi connectivity index (χ0n) is 16.1. The van der Waals surface area contributed by atoms with Crippen molar-refractivity contribution in [1.29, 1.82) is 0 Å². The van der Waals surface area contributed by atoms with Crippen LogP contribution in [0.1, 0.15) is 56.1 Å². The Morgan fingerprint density at radius 3 is 2.68 bits per heavy atom. The zero-order chi connectivity index (χ0) is 19.1. The largest absolute Gasteiger partial charge is 0.309 e. The summed E-state index contributed by atoms with van der Waals surface area (Å²) in [4.78, 5) is 30.9. The lowest BCUT2D eigenvalue weighted by Gasteiger charge is -2.42. The van der Waals surface area contributed by atoms with Crippen molar-refractivity contribution in [2.24, 2.45) is 5.92 Å². The molecule has 1 saturated carbocycles. The first-order valence-electron chi connectivity index (χ1n) is 10.1. The third-order valence-corrected chi connectivity index (χ3v) is 6.22. The summed E-state index contributed by atoms with van der Waals surface area (Å²) >= 11 is 0. The summed E-state index contributed by atoms with van der Waals surface area (Å²) in [6.07, 6.45) is 12.7. The fraction of sp³-hybridized carbons (Fsp3) is 0.550. The van der Waals surface area contributed by atoms with Crippen molar-refractivity contribution in [3.05, 3.63) is 46.7 Å². The van der Waals surface area contributed by atoms with Gasteiger partial charge in [-0.05, 0) is 37.7 Å². The van der Waals surface area contributed by atoms with E-state index in [9.17, 15) is 4.79 Å². The van der Waals surface area contributed by atoms with Gasteiger partial charge in [0, 0.05) is 25.5 Å². The predicted octanol–water partition coefficient (Wildman–Crippen LogP) is 2.26. The van der Waals surface area contributed by atoms with Crippen LogP contribution in [0.15, 0.2) is 29.7 Å². The number of aromatic amines is 1.